The highest BCUT2D eigenvalue weighted by atomic mass is 16.7. The molecule has 0 aliphatic rings. The molecule has 0 saturated carbocycles. The molecule has 0 radical (unpaired) electrons. The lowest BCUT2D eigenvalue weighted by Crippen LogP contribution is -2.44. The number of hydrogen-bond acceptors (Lipinski definition) is 8. The van der Waals surface area contributed by atoms with Gasteiger partial charge in [0.2, 0.25) is 0 Å². The third kappa shape index (κ3) is 65.1. The van der Waals surface area contributed by atoms with Crippen molar-refractivity contribution in [2.45, 2.75) is 367 Å². The predicted molar refractivity (Wildman–Crippen MR) is 348 cm³/mol. The predicted octanol–water partition coefficient (Wildman–Crippen LogP) is 20.6. The molecule has 9 nitrogen and oxygen atoms in total. The molecule has 0 aromatic carbocycles. The topological polar surface area (TPSA) is 111 Å². The second-order valence-corrected chi connectivity index (χ2v) is 25.5. The standard InChI is InChI=1S/C73H137NO8/c1-6-8-10-12-14-16-18-20-22-24-25-26-27-28-29-30-31-32-33-34-35-36-37-38-39-40-41-42-43-44-45-46-47-48-50-52-54-56-58-60-62-64-71(76)82-69(68-81-73(72(77)78)79-66-65-74(3,4)5)67-80-70(75)63-61-59-57-55-53-51-49-23-21-19-17-15-13-11-9-7-2/h18,20,24-25,27-28,69,73H,6-17,19,21-23,26,29-68H2,1-5H3/b20-18-,25-24-,28-27-. The summed E-state index contributed by atoms with van der Waals surface area (Å²) in [5, 5.41) is 11.8. The third-order valence-electron chi connectivity index (χ3n) is 16.1. The minimum atomic E-state index is -1.62. The van der Waals surface area contributed by atoms with Crippen LogP contribution in [0.15, 0.2) is 36.5 Å². The van der Waals surface area contributed by atoms with E-state index < -0.39 is 24.3 Å². The van der Waals surface area contributed by atoms with Crippen LogP contribution >= 0.6 is 0 Å². The zero-order chi connectivity index (χ0) is 59.8. The summed E-state index contributed by atoms with van der Waals surface area (Å²) in [6.07, 6.45) is 78.2. The normalized spacial score (nSPS) is 12.8. The van der Waals surface area contributed by atoms with Crippen LogP contribution in [0.25, 0.3) is 0 Å². The van der Waals surface area contributed by atoms with E-state index in [-0.39, 0.29) is 32.2 Å². The van der Waals surface area contributed by atoms with Crippen LogP contribution in [0.4, 0.5) is 0 Å². The number of quaternary nitrogens is 1. The molecular weight excluding hydrogens is 1020 g/mol. The average molecular weight is 1160 g/mol. The fourth-order valence-corrected chi connectivity index (χ4v) is 10.7. The number of hydrogen-bond donors (Lipinski definition) is 0. The minimum absolute atomic E-state index is 0.152. The molecule has 0 N–H and O–H groups in total. The van der Waals surface area contributed by atoms with E-state index in [2.05, 4.69) is 50.3 Å². The van der Waals surface area contributed by atoms with Crippen molar-refractivity contribution >= 4 is 17.9 Å². The van der Waals surface area contributed by atoms with Gasteiger partial charge >= 0.3 is 11.9 Å². The van der Waals surface area contributed by atoms with E-state index in [4.69, 9.17) is 18.9 Å². The van der Waals surface area contributed by atoms with Crippen molar-refractivity contribution in [1.29, 1.82) is 0 Å². The van der Waals surface area contributed by atoms with E-state index in [0.717, 1.165) is 51.4 Å². The minimum Gasteiger partial charge on any atom is -0.545 e. The largest absolute Gasteiger partial charge is 0.545 e. The van der Waals surface area contributed by atoms with Gasteiger partial charge in [0.25, 0.3) is 0 Å². The quantitative estimate of drug-likeness (QED) is 0.0195. The zero-order valence-corrected chi connectivity index (χ0v) is 55.1. The summed E-state index contributed by atoms with van der Waals surface area (Å²) >= 11 is 0. The summed E-state index contributed by atoms with van der Waals surface area (Å²) in [6, 6.07) is 0. The highest BCUT2D eigenvalue weighted by Crippen LogP contribution is 2.19. The summed E-state index contributed by atoms with van der Waals surface area (Å²) in [5.41, 5.74) is 0. The van der Waals surface area contributed by atoms with Crippen molar-refractivity contribution in [3.8, 4) is 0 Å². The number of esters is 2. The number of allylic oxidation sites excluding steroid dienone is 6. The molecule has 2 atom stereocenters. The van der Waals surface area contributed by atoms with Crippen LogP contribution in [0.5, 0.6) is 0 Å². The van der Waals surface area contributed by atoms with E-state index in [0.29, 0.717) is 17.4 Å². The Balaban J connectivity index is 3.91. The molecule has 0 bridgehead atoms. The van der Waals surface area contributed by atoms with Crippen LogP contribution in [0, 0.1) is 0 Å². The fourth-order valence-electron chi connectivity index (χ4n) is 10.7. The van der Waals surface area contributed by atoms with Gasteiger partial charge in [-0.15, -0.1) is 0 Å². The molecule has 9 heteroatoms. The van der Waals surface area contributed by atoms with Crippen LogP contribution in [0.2, 0.25) is 0 Å². The molecule has 482 valence electrons. The second kappa shape index (κ2) is 64.5. The number of unbranched alkanes of at least 4 members (excludes halogenated alkanes) is 46. The Hall–Kier alpha value is -2.49. The first-order valence-electron chi connectivity index (χ1n) is 35.6. The number of ether oxygens (including phenoxy) is 4. The molecule has 0 aliphatic carbocycles. The second-order valence-electron chi connectivity index (χ2n) is 25.5. The molecule has 0 aromatic heterocycles. The van der Waals surface area contributed by atoms with Crippen LogP contribution in [0.3, 0.4) is 0 Å². The van der Waals surface area contributed by atoms with Crippen molar-refractivity contribution in [2.75, 3.05) is 47.5 Å². The van der Waals surface area contributed by atoms with Crippen molar-refractivity contribution in [3.05, 3.63) is 36.5 Å². The van der Waals surface area contributed by atoms with Gasteiger partial charge in [-0.3, -0.25) is 9.59 Å². The number of aliphatic carboxylic acids is 1. The first-order chi connectivity index (χ1) is 40.1. The lowest BCUT2D eigenvalue weighted by molar-refractivity contribution is -0.870. The first-order valence-corrected chi connectivity index (χ1v) is 35.6. The molecule has 0 rings (SSSR count). The van der Waals surface area contributed by atoms with E-state index in [1.54, 1.807) is 0 Å². The average Bonchev–Trinajstić information content (AvgIpc) is 3.45. The number of carbonyl (C=O) groups excluding carboxylic acids is 3. The molecule has 0 spiro atoms. The van der Waals surface area contributed by atoms with Gasteiger partial charge in [-0.1, -0.05) is 326 Å². The van der Waals surface area contributed by atoms with E-state index >= 15 is 0 Å². The maximum atomic E-state index is 12.9. The van der Waals surface area contributed by atoms with Gasteiger partial charge < -0.3 is 33.3 Å². The van der Waals surface area contributed by atoms with Gasteiger partial charge in [0, 0.05) is 12.8 Å². The molecular formula is C73H137NO8. The monoisotopic (exact) mass is 1160 g/mol. The number of likely N-dealkylation sites (N-methyl/N-ethyl adjacent to an activating group) is 1. The third-order valence-corrected chi connectivity index (χ3v) is 16.1. The fraction of sp³-hybridized carbons (Fsp3) is 0.877. The maximum absolute atomic E-state index is 12.9. The van der Waals surface area contributed by atoms with E-state index in [1.165, 1.54) is 276 Å². The maximum Gasteiger partial charge on any atom is 0.306 e. The van der Waals surface area contributed by atoms with Crippen LogP contribution in [0.1, 0.15) is 354 Å². The van der Waals surface area contributed by atoms with Gasteiger partial charge in [-0.25, -0.2) is 0 Å². The Bertz CT molecular complexity index is 1440. The van der Waals surface area contributed by atoms with Crippen molar-refractivity contribution in [3.63, 3.8) is 0 Å². The summed E-state index contributed by atoms with van der Waals surface area (Å²) in [4.78, 5) is 37.4. The lowest BCUT2D eigenvalue weighted by Gasteiger charge is -2.26. The van der Waals surface area contributed by atoms with E-state index in [1.807, 2.05) is 21.1 Å². The Labute approximate surface area is 509 Å². The Kier molecular flexibility index (Phi) is 62.5. The molecule has 0 saturated heterocycles. The van der Waals surface area contributed by atoms with Crippen molar-refractivity contribution < 1.29 is 42.9 Å². The number of rotatable bonds is 67. The number of carboxylic acids is 1. The molecule has 0 heterocycles. The Morgan fingerprint density at radius 1 is 0.366 bits per heavy atom. The smallest absolute Gasteiger partial charge is 0.306 e. The molecule has 82 heavy (non-hydrogen) atoms. The molecule has 0 aromatic rings. The molecule has 2 unspecified atom stereocenters. The Morgan fingerprint density at radius 3 is 0.976 bits per heavy atom. The number of nitrogens with zero attached hydrogens (tertiary/aromatic N) is 1. The van der Waals surface area contributed by atoms with Gasteiger partial charge in [-0.2, -0.15) is 0 Å². The summed E-state index contributed by atoms with van der Waals surface area (Å²) in [6.45, 7) is 4.80. The zero-order valence-electron chi connectivity index (χ0n) is 55.1. The summed E-state index contributed by atoms with van der Waals surface area (Å²) in [7, 11) is 5.94. The van der Waals surface area contributed by atoms with Crippen molar-refractivity contribution in [2.24, 2.45) is 0 Å². The van der Waals surface area contributed by atoms with Gasteiger partial charge in [-0.05, 0) is 51.4 Å². The van der Waals surface area contributed by atoms with Crippen LogP contribution in [-0.4, -0.2) is 82.3 Å². The number of carbonyl (C=O) groups is 3. The van der Waals surface area contributed by atoms with Gasteiger partial charge in [0.1, 0.15) is 13.2 Å². The van der Waals surface area contributed by atoms with Crippen molar-refractivity contribution in [1.82, 2.24) is 0 Å². The molecule has 0 amide bonds. The summed E-state index contributed by atoms with van der Waals surface area (Å²) < 4.78 is 22.8. The highest BCUT2D eigenvalue weighted by Gasteiger charge is 2.22. The highest BCUT2D eigenvalue weighted by molar-refractivity contribution is 5.70. The number of carboxylic acid groups (broad SMARTS) is 1. The SMILES string of the molecule is CCCCCCC/C=C\C/C=C\C/C=C\CCCCCCCCCCCCCCCCCCCCCCCCCCCCC(=O)OC(COC(=O)CCCCCCCCCCCCCCCCCC)COC(OCC[N+](C)(C)C)C(=O)[O-]. The van der Waals surface area contributed by atoms with E-state index in [9.17, 15) is 19.5 Å². The van der Waals surface area contributed by atoms with Gasteiger partial charge in [0.15, 0.2) is 12.4 Å². The van der Waals surface area contributed by atoms with Crippen LogP contribution < -0.4 is 5.11 Å². The summed E-state index contributed by atoms with van der Waals surface area (Å²) in [5.74, 6) is -2.25. The van der Waals surface area contributed by atoms with Gasteiger partial charge in [0.05, 0.1) is 40.3 Å². The van der Waals surface area contributed by atoms with Crippen LogP contribution in [-0.2, 0) is 33.3 Å². The molecule has 0 aliphatic heterocycles. The Morgan fingerprint density at radius 2 is 0.659 bits per heavy atom. The molecule has 0 fully saturated rings. The first kappa shape index (κ1) is 79.5. The lowest BCUT2D eigenvalue weighted by atomic mass is 10.0.